The summed E-state index contributed by atoms with van der Waals surface area (Å²) in [6.45, 7) is 7.94. The predicted molar refractivity (Wildman–Crippen MR) is 118 cm³/mol. The van der Waals surface area contributed by atoms with E-state index in [0.717, 1.165) is 29.8 Å². The monoisotopic (exact) mass is 419 g/mol. The minimum absolute atomic E-state index is 0.168. The summed E-state index contributed by atoms with van der Waals surface area (Å²) in [7, 11) is 0. The summed E-state index contributed by atoms with van der Waals surface area (Å²) in [6, 6.07) is 6.28. The maximum Gasteiger partial charge on any atom is 0.305 e. The van der Waals surface area contributed by atoms with Crippen molar-refractivity contribution in [3.8, 4) is 5.75 Å². The highest BCUT2D eigenvalue weighted by molar-refractivity contribution is 5.69. The lowest BCUT2D eigenvalue weighted by atomic mass is 10.1. The lowest BCUT2D eigenvalue weighted by molar-refractivity contribution is -0.144. The van der Waals surface area contributed by atoms with E-state index in [1.807, 2.05) is 13.8 Å². The molecule has 1 aromatic rings. The molecule has 0 spiro atoms. The Morgan fingerprint density at radius 2 is 1.53 bits per heavy atom. The second-order valence-corrected chi connectivity index (χ2v) is 7.78. The Labute approximate surface area is 180 Å². The van der Waals surface area contributed by atoms with Gasteiger partial charge in [0.2, 0.25) is 0 Å². The first-order valence-electron chi connectivity index (χ1n) is 11.4. The number of nitrogens with zero attached hydrogens (tertiary/aromatic N) is 1. The van der Waals surface area contributed by atoms with Crippen LogP contribution in [0.3, 0.4) is 0 Å². The zero-order valence-electron chi connectivity index (χ0n) is 18.8. The molecule has 2 rings (SSSR count). The molecule has 0 N–H and O–H groups in total. The highest BCUT2D eigenvalue weighted by Crippen LogP contribution is 2.30. The van der Waals surface area contributed by atoms with Gasteiger partial charge in [-0.15, -0.1) is 0 Å². The van der Waals surface area contributed by atoms with Crippen LogP contribution in [-0.4, -0.2) is 44.3 Å². The summed E-state index contributed by atoms with van der Waals surface area (Å²) in [5.41, 5.74) is 2.19. The molecule has 1 saturated carbocycles. The highest BCUT2D eigenvalue weighted by atomic mass is 16.5. The molecular formula is C24H37NO5. The highest BCUT2D eigenvalue weighted by Gasteiger charge is 2.18. The molecule has 0 radical (unpaired) electrons. The van der Waals surface area contributed by atoms with E-state index in [0.29, 0.717) is 58.1 Å². The topological polar surface area (TPSA) is 65.1 Å². The Hall–Kier alpha value is -2.24. The van der Waals surface area contributed by atoms with Crippen LogP contribution in [0.1, 0.15) is 70.8 Å². The van der Waals surface area contributed by atoms with Crippen LogP contribution in [0.4, 0.5) is 5.69 Å². The number of aryl methyl sites for hydroxylation is 1. The number of carbonyl (C=O) groups excluding carboxylic acids is 2. The van der Waals surface area contributed by atoms with Gasteiger partial charge in [0.05, 0.1) is 19.3 Å². The minimum Gasteiger partial charge on any atom is -0.490 e. The van der Waals surface area contributed by atoms with Gasteiger partial charge in [-0.3, -0.25) is 9.59 Å². The number of hydrogen-bond donors (Lipinski definition) is 0. The summed E-state index contributed by atoms with van der Waals surface area (Å²) in [5.74, 6) is 0.594. The first kappa shape index (κ1) is 24.0. The largest absolute Gasteiger partial charge is 0.490 e. The third-order valence-electron chi connectivity index (χ3n) is 5.36. The SMILES string of the molecule is CCOC(=O)CCCN(CCCC(=O)OCC)c1ccc(C)c(OC2CCCC2)c1. The molecule has 1 fully saturated rings. The number of ether oxygens (including phenoxy) is 3. The van der Waals surface area contributed by atoms with E-state index in [9.17, 15) is 9.59 Å². The maximum absolute atomic E-state index is 11.7. The van der Waals surface area contributed by atoms with Crippen molar-refractivity contribution in [2.75, 3.05) is 31.2 Å². The molecule has 1 aliphatic rings. The molecular weight excluding hydrogens is 382 g/mol. The van der Waals surface area contributed by atoms with Gasteiger partial charge >= 0.3 is 11.9 Å². The number of anilines is 1. The second-order valence-electron chi connectivity index (χ2n) is 7.78. The molecule has 0 amide bonds. The van der Waals surface area contributed by atoms with E-state index < -0.39 is 0 Å². The molecule has 0 bridgehead atoms. The predicted octanol–water partition coefficient (Wildman–Crippen LogP) is 4.81. The van der Waals surface area contributed by atoms with Gasteiger partial charge in [0, 0.05) is 37.7 Å². The molecule has 30 heavy (non-hydrogen) atoms. The number of carbonyl (C=O) groups is 2. The number of benzene rings is 1. The van der Waals surface area contributed by atoms with Crippen LogP contribution >= 0.6 is 0 Å². The van der Waals surface area contributed by atoms with Gasteiger partial charge in [0.15, 0.2) is 0 Å². The van der Waals surface area contributed by atoms with Crippen molar-refractivity contribution in [1.29, 1.82) is 0 Å². The summed E-state index contributed by atoms with van der Waals surface area (Å²) in [5, 5.41) is 0. The molecule has 0 aromatic heterocycles. The Balaban J connectivity index is 2.03. The summed E-state index contributed by atoms with van der Waals surface area (Å²) in [4.78, 5) is 25.6. The Kier molecular flexibility index (Phi) is 10.5. The molecule has 6 heteroatoms. The molecule has 0 atom stereocenters. The van der Waals surface area contributed by atoms with Gasteiger partial charge in [0.25, 0.3) is 0 Å². The van der Waals surface area contributed by atoms with Crippen molar-refractivity contribution >= 4 is 17.6 Å². The van der Waals surface area contributed by atoms with Gasteiger partial charge in [-0.05, 0) is 70.9 Å². The van der Waals surface area contributed by atoms with E-state index in [-0.39, 0.29) is 11.9 Å². The van der Waals surface area contributed by atoms with Crippen molar-refractivity contribution in [2.45, 2.75) is 78.2 Å². The van der Waals surface area contributed by atoms with Crippen LogP contribution in [0.2, 0.25) is 0 Å². The summed E-state index contributed by atoms with van der Waals surface area (Å²) < 4.78 is 16.4. The number of esters is 2. The average molecular weight is 420 g/mol. The Morgan fingerprint density at radius 3 is 2.07 bits per heavy atom. The van der Waals surface area contributed by atoms with Gasteiger partial charge in [0.1, 0.15) is 5.75 Å². The van der Waals surface area contributed by atoms with Crippen LogP contribution < -0.4 is 9.64 Å². The van der Waals surface area contributed by atoms with Crippen molar-refractivity contribution in [3.05, 3.63) is 23.8 Å². The number of hydrogen-bond acceptors (Lipinski definition) is 6. The quantitative estimate of drug-likeness (QED) is 0.428. The second kappa shape index (κ2) is 13.1. The van der Waals surface area contributed by atoms with Crippen LogP contribution in [0.15, 0.2) is 18.2 Å². The van der Waals surface area contributed by atoms with E-state index >= 15 is 0 Å². The normalized spacial score (nSPS) is 13.8. The van der Waals surface area contributed by atoms with Gasteiger partial charge in [-0.25, -0.2) is 0 Å². The van der Waals surface area contributed by atoms with Crippen molar-refractivity contribution < 1.29 is 23.8 Å². The van der Waals surface area contributed by atoms with E-state index in [2.05, 4.69) is 30.0 Å². The molecule has 6 nitrogen and oxygen atoms in total. The van der Waals surface area contributed by atoms with E-state index in [1.54, 1.807) is 0 Å². The smallest absolute Gasteiger partial charge is 0.305 e. The van der Waals surface area contributed by atoms with Gasteiger partial charge < -0.3 is 19.1 Å². The average Bonchev–Trinajstić information content (AvgIpc) is 3.22. The first-order valence-corrected chi connectivity index (χ1v) is 11.4. The van der Waals surface area contributed by atoms with Crippen LogP contribution in [0.5, 0.6) is 5.75 Å². The standard InChI is InChI=1S/C24H37NO5/c1-4-28-23(26)12-8-16-25(17-9-13-24(27)29-5-2)20-15-14-19(3)22(18-20)30-21-10-6-7-11-21/h14-15,18,21H,4-13,16-17H2,1-3H3. The molecule has 0 saturated heterocycles. The van der Waals surface area contributed by atoms with Crippen molar-refractivity contribution in [2.24, 2.45) is 0 Å². The molecule has 1 aromatic carbocycles. The molecule has 0 unspecified atom stereocenters. The van der Waals surface area contributed by atoms with Gasteiger partial charge in [-0.1, -0.05) is 6.07 Å². The summed E-state index contributed by atoms with van der Waals surface area (Å²) >= 11 is 0. The fraction of sp³-hybridized carbons (Fsp3) is 0.667. The Morgan fingerprint density at radius 1 is 0.967 bits per heavy atom. The molecule has 168 valence electrons. The van der Waals surface area contributed by atoms with Crippen molar-refractivity contribution in [1.82, 2.24) is 0 Å². The van der Waals surface area contributed by atoms with Gasteiger partial charge in [-0.2, -0.15) is 0 Å². The zero-order chi connectivity index (χ0) is 21.8. The lowest BCUT2D eigenvalue weighted by Crippen LogP contribution is -2.27. The summed E-state index contributed by atoms with van der Waals surface area (Å²) in [6.07, 6.45) is 7.18. The fourth-order valence-corrected chi connectivity index (χ4v) is 3.76. The molecule has 0 heterocycles. The first-order chi connectivity index (χ1) is 14.5. The van der Waals surface area contributed by atoms with E-state index in [1.165, 1.54) is 12.8 Å². The third-order valence-corrected chi connectivity index (χ3v) is 5.36. The van der Waals surface area contributed by atoms with Crippen LogP contribution in [-0.2, 0) is 19.1 Å². The van der Waals surface area contributed by atoms with E-state index in [4.69, 9.17) is 14.2 Å². The van der Waals surface area contributed by atoms with Crippen molar-refractivity contribution in [3.63, 3.8) is 0 Å². The molecule has 0 aliphatic heterocycles. The zero-order valence-corrected chi connectivity index (χ0v) is 18.8. The van der Waals surface area contributed by atoms with Crippen LogP contribution in [0, 0.1) is 6.92 Å². The van der Waals surface area contributed by atoms with Crippen LogP contribution in [0.25, 0.3) is 0 Å². The molecule has 1 aliphatic carbocycles. The Bertz CT molecular complexity index is 646. The minimum atomic E-state index is -0.168. The number of rotatable bonds is 13. The lowest BCUT2D eigenvalue weighted by Gasteiger charge is -2.26. The third kappa shape index (κ3) is 8.25. The fourth-order valence-electron chi connectivity index (χ4n) is 3.76. The maximum atomic E-state index is 11.7.